The van der Waals surface area contributed by atoms with Crippen molar-refractivity contribution in [2.24, 2.45) is 0 Å². The highest BCUT2D eigenvalue weighted by molar-refractivity contribution is 9.10. The minimum absolute atomic E-state index is 0.0272. The van der Waals surface area contributed by atoms with E-state index in [-0.39, 0.29) is 5.91 Å². The van der Waals surface area contributed by atoms with Gasteiger partial charge in [-0.2, -0.15) is 0 Å². The molecule has 1 aliphatic carbocycles. The van der Waals surface area contributed by atoms with Crippen molar-refractivity contribution in [3.05, 3.63) is 34.6 Å². The fourth-order valence-electron chi connectivity index (χ4n) is 1.60. The molecule has 1 saturated carbocycles. The number of amides is 1. The monoisotopic (exact) mass is 282 g/mol. The summed E-state index contributed by atoms with van der Waals surface area (Å²) >= 11 is 3.41. The van der Waals surface area contributed by atoms with Crippen LogP contribution in [-0.2, 0) is 0 Å². The number of carbonyl (C=O) groups is 1. The maximum absolute atomic E-state index is 11.9. The van der Waals surface area contributed by atoms with Crippen LogP contribution in [-0.4, -0.2) is 17.0 Å². The van der Waals surface area contributed by atoms with Crippen LogP contribution in [0.25, 0.3) is 0 Å². The van der Waals surface area contributed by atoms with Crippen molar-refractivity contribution in [1.29, 1.82) is 0 Å². The van der Waals surface area contributed by atoms with Gasteiger partial charge < -0.3 is 9.88 Å². The van der Waals surface area contributed by atoms with Gasteiger partial charge in [-0.15, -0.1) is 0 Å². The normalized spacial score (nSPS) is 14.9. The van der Waals surface area contributed by atoms with Crippen LogP contribution in [0.1, 0.15) is 36.3 Å². The molecule has 0 radical (unpaired) electrons. The third-order valence-corrected chi connectivity index (χ3v) is 2.97. The lowest BCUT2D eigenvalue weighted by Crippen LogP contribution is -2.26. The Morgan fingerprint density at radius 2 is 2.38 bits per heavy atom. The fourth-order valence-corrected chi connectivity index (χ4v) is 2.04. The van der Waals surface area contributed by atoms with Crippen molar-refractivity contribution in [1.82, 2.24) is 9.88 Å². The summed E-state index contributed by atoms with van der Waals surface area (Å²) in [5.41, 5.74) is 1.69. The smallest absolute Gasteiger partial charge is 0.268 e. The second-order valence-corrected chi connectivity index (χ2v) is 5.24. The van der Waals surface area contributed by atoms with E-state index in [2.05, 4.69) is 32.4 Å². The van der Waals surface area contributed by atoms with Crippen molar-refractivity contribution in [3.63, 3.8) is 0 Å². The van der Waals surface area contributed by atoms with Crippen molar-refractivity contribution in [3.8, 4) is 0 Å². The van der Waals surface area contributed by atoms with E-state index in [1.807, 2.05) is 19.2 Å². The van der Waals surface area contributed by atoms with E-state index in [1.165, 1.54) is 12.8 Å². The minimum atomic E-state index is -0.0272. The second-order valence-electron chi connectivity index (χ2n) is 4.32. The molecular formula is C12H15BrN2O. The highest BCUT2D eigenvalue weighted by Crippen LogP contribution is 2.37. The van der Waals surface area contributed by atoms with Gasteiger partial charge in [0.15, 0.2) is 0 Å². The Bertz CT molecular complexity index is 432. The maximum atomic E-state index is 11.9. The van der Waals surface area contributed by atoms with Gasteiger partial charge in [-0.1, -0.05) is 12.2 Å². The molecule has 1 fully saturated rings. The van der Waals surface area contributed by atoms with Gasteiger partial charge in [0.1, 0.15) is 5.69 Å². The number of hydrogen-bond acceptors (Lipinski definition) is 1. The molecule has 0 bridgehead atoms. The molecule has 2 rings (SSSR count). The zero-order chi connectivity index (χ0) is 11.7. The zero-order valence-corrected chi connectivity index (χ0v) is 10.9. The van der Waals surface area contributed by atoms with E-state index < -0.39 is 0 Å². The minimum Gasteiger partial charge on any atom is -0.347 e. The summed E-state index contributed by atoms with van der Waals surface area (Å²) in [6.07, 6.45) is 4.32. The van der Waals surface area contributed by atoms with Gasteiger partial charge in [0.05, 0.1) is 0 Å². The largest absolute Gasteiger partial charge is 0.347 e. The summed E-state index contributed by atoms with van der Waals surface area (Å²) in [5.74, 6) is -0.0272. The van der Waals surface area contributed by atoms with E-state index in [0.717, 1.165) is 15.7 Å². The number of halogens is 1. The number of rotatable bonds is 4. The quantitative estimate of drug-likeness (QED) is 0.847. The summed E-state index contributed by atoms with van der Waals surface area (Å²) in [5, 5.41) is 2.85. The van der Waals surface area contributed by atoms with Gasteiger partial charge in [-0.3, -0.25) is 4.79 Å². The van der Waals surface area contributed by atoms with Crippen molar-refractivity contribution < 1.29 is 4.79 Å². The molecule has 4 heteroatoms. The summed E-state index contributed by atoms with van der Waals surface area (Å²) < 4.78 is 3.01. The van der Waals surface area contributed by atoms with Gasteiger partial charge in [-0.05, 0) is 41.8 Å². The molecule has 0 atom stereocenters. The molecule has 0 saturated heterocycles. The Kier molecular flexibility index (Phi) is 3.19. The number of carbonyl (C=O) groups excluding carboxylic acids is 1. The molecule has 1 aromatic heterocycles. The molecule has 1 aliphatic rings. The van der Waals surface area contributed by atoms with Crippen LogP contribution in [0, 0.1) is 0 Å². The van der Waals surface area contributed by atoms with E-state index in [1.54, 1.807) is 0 Å². The van der Waals surface area contributed by atoms with Gasteiger partial charge >= 0.3 is 0 Å². The first kappa shape index (κ1) is 11.5. The van der Waals surface area contributed by atoms with Crippen LogP contribution in [0.15, 0.2) is 28.9 Å². The lowest BCUT2D eigenvalue weighted by molar-refractivity contribution is 0.0947. The Balaban J connectivity index is 2.12. The molecule has 0 aliphatic heterocycles. The summed E-state index contributed by atoms with van der Waals surface area (Å²) in [4.78, 5) is 11.9. The molecule has 1 heterocycles. The highest BCUT2D eigenvalue weighted by Gasteiger charge is 2.27. The predicted octanol–water partition coefficient (Wildman–Crippen LogP) is 2.89. The Morgan fingerprint density at radius 1 is 1.69 bits per heavy atom. The Morgan fingerprint density at radius 3 is 2.94 bits per heavy atom. The number of aromatic nitrogens is 1. The number of nitrogens with one attached hydrogen (secondary N) is 1. The highest BCUT2D eigenvalue weighted by atomic mass is 79.9. The molecule has 1 amide bonds. The standard InChI is InChI=1S/C12H15BrN2O/c1-8(2)6-14-12(16)11-5-9(13)7-15(11)10-3-4-10/h5,7,10H,1,3-4,6H2,2H3,(H,14,16). The topological polar surface area (TPSA) is 34.0 Å². The maximum Gasteiger partial charge on any atom is 0.268 e. The first-order valence-corrected chi connectivity index (χ1v) is 6.17. The summed E-state index contributed by atoms with van der Waals surface area (Å²) in [7, 11) is 0. The van der Waals surface area contributed by atoms with Gasteiger partial charge in [0, 0.05) is 23.3 Å². The van der Waals surface area contributed by atoms with Crippen LogP contribution in [0.4, 0.5) is 0 Å². The first-order chi connectivity index (χ1) is 7.58. The predicted molar refractivity (Wildman–Crippen MR) is 67.6 cm³/mol. The second kappa shape index (κ2) is 4.45. The summed E-state index contributed by atoms with van der Waals surface area (Å²) in [6, 6.07) is 2.38. The third-order valence-electron chi connectivity index (χ3n) is 2.54. The zero-order valence-electron chi connectivity index (χ0n) is 9.29. The van der Waals surface area contributed by atoms with Crippen molar-refractivity contribution >= 4 is 21.8 Å². The van der Waals surface area contributed by atoms with E-state index in [0.29, 0.717) is 12.6 Å². The van der Waals surface area contributed by atoms with Crippen LogP contribution in [0.5, 0.6) is 0 Å². The van der Waals surface area contributed by atoms with Gasteiger partial charge in [-0.25, -0.2) is 0 Å². The van der Waals surface area contributed by atoms with Crippen LogP contribution in [0.3, 0.4) is 0 Å². The fraction of sp³-hybridized carbons (Fsp3) is 0.417. The average molecular weight is 283 g/mol. The lowest BCUT2D eigenvalue weighted by Gasteiger charge is -2.08. The van der Waals surface area contributed by atoms with Gasteiger partial charge in [0.25, 0.3) is 5.91 Å². The van der Waals surface area contributed by atoms with Crippen LogP contribution < -0.4 is 5.32 Å². The molecule has 1 N–H and O–H groups in total. The van der Waals surface area contributed by atoms with Gasteiger partial charge in [0.2, 0.25) is 0 Å². The molecule has 16 heavy (non-hydrogen) atoms. The molecule has 0 unspecified atom stereocenters. The van der Waals surface area contributed by atoms with Crippen molar-refractivity contribution in [2.45, 2.75) is 25.8 Å². The molecule has 1 aromatic rings. The van der Waals surface area contributed by atoms with Crippen LogP contribution >= 0.6 is 15.9 Å². The molecule has 3 nitrogen and oxygen atoms in total. The van der Waals surface area contributed by atoms with E-state index in [4.69, 9.17) is 0 Å². The van der Waals surface area contributed by atoms with E-state index >= 15 is 0 Å². The molecule has 86 valence electrons. The third kappa shape index (κ3) is 2.55. The average Bonchev–Trinajstić information content (AvgIpc) is 2.98. The molecular weight excluding hydrogens is 268 g/mol. The molecule has 0 aromatic carbocycles. The molecule has 0 spiro atoms. The number of nitrogens with zero attached hydrogens (tertiary/aromatic N) is 1. The lowest BCUT2D eigenvalue weighted by atomic mass is 10.3. The Labute approximate surface area is 104 Å². The van der Waals surface area contributed by atoms with E-state index in [9.17, 15) is 4.79 Å². The van der Waals surface area contributed by atoms with Crippen molar-refractivity contribution in [2.75, 3.05) is 6.54 Å². The van der Waals surface area contributed by atoms with Crippen LogP contribution in [0.2, 0.25) is 0 Å². The SMILES string of the molecule is C=C(C)CNC(=O)c1cc(Br)cn1C1CC1. The Hall–Kier alpha value is -1.03. The summed E-state index contributed by atoms with van der Waals surface area (Å²) in [6.45, 7) is 6.20. The first-order valence-electron chi connectivity index (χ1n) is 5.38. The number of hydrogen-bond donors (Lipinski definition) is 1.